The Morgan fingerprint density at radius 3 is 2.31 bits per heavy atom. The Hall–Kier alpha value is -3.57. The lowest BCUT2D eigenvalue weighted by atomic mass is 9.96. The summed E-state index contributed by atoms with van der Waals surface area (Å²) in [7, 11) is -2.18. The number of aryl methyl sites for hydroxylation is 1. The highest BCUT2D eigenvalue weighted by atomic mass is 32.2. The van der Waals surface area contributed by atoms with Crippen LogP contribution in [0.3, 0.4) is 0 Å². The van der Waals surface area contributed by atoms with Gasteiger partial charge in [0, 0.05) is 12.6 Å². The van der Waals surface area contributed by atoms with Crippen LogP contribution in [-0.4, -0.2) is 38.6 Å². The number of H-pyrrole nitrogens is 1. The van der Waals surface area contributed by atoms with Gasteiger partial charge in [0.05, 0.1) is 16.8 Å². The highest BCUT2D eigenvalue weighted by molar-refractivity contribution is 7.89. The molecule has 148 valence electrons. The molecular formula is C18H18N8O2S. The van der Waals surface area contributed by atoms with Gasteiger partial charge in [0.15, 0.2) is 11.8 Å². The number of aromatic nitrogens is 6. The molecule has 0 saturated carbocycles. The highest BCUT2D eigenvalue weighted by Gasteiger charge is 2.24. The molecule has 0 atom stereocenters. The third kappa shape index (κ3) is 3.26. The van der Waals surface area contributed by atoms with Crippen LogP contribution in [0.25, 0.3) is 33.8 Å². The molecular weight excluding hydrogens is 392 g/mol. The van der Waals surface area contributed by atoms with Gasteiger partial charge < -0.3 is 10.3 Å². The van der Waals surface area contributed by atoms with Crippen molar-refractivity contribution in [1.82, 2.24) is 30.2 Å². The number of nitrogens with one attached hydrogen (secondary N) is 1. The first-order valence-corrected chi connectivity index (χ1v) is 10.1. The minimum atomic E-state index is -4.02. The first-order valence-electron chi connectivity index (χ1n) is 8.56. The lowest BCUT2D eigenvalue weighted by Crippen LogP contribution is -2.16. The Labute approximate surface area is 166 Å². The van der Waals surface area contributed by atoms with Crippen LogP contribution < -0.4 is 10.9 Å². The monoisotopic (exact) mass is 410 g/mol. The summed E-state index contributed by atoms with van der Waals surface area (Å²) in [5.74, 6) is 0.636. The van der Waals surface area contributed by atoms with Crippen LogP contribution in [0.1, 0.15) is 5.56 Å². The van der Waals surface area contributed by atoms with E-state index >= 15 is 0 Å². The van der Waals surface area contributed by atoms with Crippen LogP contribution in [0.2, 0.25) is 0 Å². The number of nitrogen functional groups attached to an aromatic ring is 1. The molecule has 0 bridgehead atoms. The summed E-state index contributed by atoms with van der Waals surface area (Å²) in [5, 5.41) is 19.2. The molecule has 2 aromatic heterocycles. The van der Waals surface area contributed by atoms with Crippen molar-refractivity contribution < 1.29 is 8.42 Å². The number of aromatic amines is 1. The Balaban J connectivity index is 1.91. The molecule has 0 amide bonds. The number of hydrogen-bond acceptors (Lipinski definition) is 7. The first kappa shape index (κ1) is 18.8. The predicted molar refractivity (Wildman–Crippen MR) is 108 cm³/mol. The second kappa shape index (κ2) is 6.79. The van der Waals surface area contributed by atoms with E-state index in [1.807, 2.05) is 37.4 Å². The van der Waals surface area contributed by atoms with Gasteiger partial charge in [-0.15, -0.1) is 5.10 Å². The summed E-state index contributed by atoms with van der Waals surface area (Å²) in [4.78, 5) is 4.09. The molecule has 0 saturated heterocycles. The summed E-state index contributed by atoms with van der Waals surface area (Å²) in [5.41, 5.74) is 9.83. The molecule has 0 aliphatic carbocycles. The first-order chi connectivity index (χ1) is 13.8. The maximum Gasteiger partial charge on any atom is 0.239 e. The zero-order valence-corrected chi connectivity index (χ0v) is 16.5. The number of anilines is 1. The van der Waals surface area contributed by atoms with Crippen molar-refractivity contribution >= 4 is 16.0 Å². The SMILES string of the molecule is Cc1ccc(-c2ccc(-c3cnc(N)n3C)cc2)c(-c2nnn[nH]2)c1S(N)(=O)=O. The fraction of sp³-hybridized carbons (Fsp3) is 0.111. The van der Waals surface area contributed by atoms with Gasteiger partial charge in [-0.25, -0.2) is 23.6 Å². The van der Waals surface area contributed by atoms with Crippen molar-refractivity contribution in [3.05, 3.63) is 48.2 Å². The number of hydrogen-bond donors (Lipinski definition) is 3. The largest absolute Gasteiger partial charge is 0.369 e. The molecule has 0 aliphatic rings. The second-order valence-corrected chi connectivity index (χ2v) is 8.07. The number of rotatable bonds is 4. The number of benzene rings is 2. The molecule has 10 nitrogen and oxygen atoms in total. The van der Waals surface area contributed by atoms with Gasteiger partial charge in [-0.2, -0.15) is 0 Å². The van der Waals surface area contributed by atoms with Crippen LogP contribution in [0.4, 0.5) is 5.95 Å². The summed E-state index contributed by atoms with van der Waals surface area (Å²) < 4.78 is 26.4. The van der Waals surface area contributed by atoms with Gasteiger partial charge in [-0.05, 0) is 39.6 Å². The summed E-state index contributed by atoms with van der Waals surface area (Å²) in [6, 6.07) is 11.1. The lowest BCUT2D eigenvalue weighted by Gasteiger charge is -2.14. The number of nitrogens with zero attached hydrogens (tertiary/aromatic N) is 5. The number of imidazole rings is 1. The summed E-state index contributed by atoms with van der Waals surface area (Å²) in [6.07, 6.45) is 1.70. The minimum absolute atomic E-state index is 0.0166. The minimum Gasteiger partial charge on any atom is -0.369 e. The second-order valence-electron chi connectivity index (χ2n) is 6.57. The molecule has 0 aliphatic heterocycles. The number of primary sulfonamides is 1. The Morgan fingerprint density at radius 1 is 1.07 bits per heavy atom. The zero-order chi connectivity index (χ0) is 20.8. The summed E-state index contributed by atoms with van der Waals surface area (Å²) in [6.45, 7) is 1.67. The molecule has 11 heteroatoms. The van der Waals surface area contributed by atoms with Crippen LogP contribution in [-0.2, 0) is 17.1 Å². The van der Waals surface area contributed by atoms with Crippen LogP contribution in [0.5, 0.6) is 0 Å². The van der Waals surface area contributed by atoms with Gasteiger partial charge >= 0.3 is 0 Å². The van der Waals surface area contributed by atoms with E-state index < -0.39 is 10.0 Å². The Morgan fingerprint density at radius 2 is 1.76 bits per heavy atom. The molecule has 0 fully saturated rings. The van der Waals surface area contributed by atoms with Crippen LogP contribution in [0.15, 0.2) is 47.5 Å². The maximum atomic E-state index is 12.3. The summed E-state index contributed by atoms with van der Waals surface area (Å²) >= 11 is 0. The normalized spacial score (nSPS) is 11.7. The molecule has 2 heterocycles. The van der Waals surface area contributed by atoms with E-state index in [1.165, 1.54) is 0 Å². The maximum absolute atomic E-state index is 12.3. The van der Waals surface area contributed by atoms with Crippen molar-refractivity contribution in [3.63, 3.8) is 0 Å². The molecule has 4 aromatic rings. The van der Waals surface area contributed by atoms with E-state index in [2.05, 4.69) is 25.6 Å². The molecule has 2 aromatic carbocycles. The van der Waals surface area contributed by atoms with Crippen molar-refractivity contribution in [2.45, 2.75) is 11.8 Å². The van der Waals surface area contributed by atoms with E-state index in [1.54, 1.807) is 23.8 Å². The van der Waals surface area contributed by atoms with Gasteiger partial charge in [0.25, 0.3) is 0 Å². The number of sulfonamides is 1. The highest BCUT2D eigenvalue weighted by Crippen LogP contribution is 2.37. The third-order valence-electron chi connectivity index (χ3n) is 4.74. The van der Waals surface area contributed by atoms with Gasteiger partial charge in [-0.3, -0.25) is 0 Å². The smallest absolute Gasteiger partial charge is 0.239 e. The third-order valence-corrected chi connectivity index (χ3v) is 5.83. The van der Waals surface area contributed by atoms with Crippen molar-refractivity contribution in [3.8, 4) is 33.8 Å². The fourth-order valence-corrected chi connectivity index (χ4v) is 4.31. The lowest BCUT2D eigenvalue weighted by molar-refractivity contribution is 0.597. The van der Waals surface area contributed by atoms with Crippen molar-refractivity contribution in [1.29, 1.82) is 0 Å². The van der Waals surface area contributed by atoms with E-state index in [0.29, 0.717) is 22.6 Å². The van der Waals surface area contributed by atoms with E-state index in [9.17, 15) is 8.42 Å². The number of tetrazole rings is 1. The zero-order valence-electron chi connectivity index (χ0n) is 15.7. The Kier molecular flexibility index (Phi) is 4.40. The van der Waals surface area contributed by atoms with Crippen molar-refractivity contribution in [2.75, 3.05) is 5.73 Å². The van der Waals surface area contributed by atoms with E-state index in [4.69, 9.17) is 10.9 Å². The van der Waals surface area contributed by atoms with E-state index in [-0.39, 0.29) is 10.7 Å². The topological polar surface area (TPSA) is 158 Å². The molecule has 4 rings (SSSR count). The Bertz CT molecular complexity index is 1290. The van der Waals surface area contributed by atoms with Crippen LogP contribution >= 0.6 is 0 Å². The van der Waals surface area contributed by atoms with Gasteiger partial charge in [0.1, 0.15) is 0 Å². The molecule has 0 unspecified atom stereocenters. The average Bonchev–Trinajstić information content (AvgIpc) is 3.32. The predicted octanol–water partition coefficient (Wildman–Crippen LogP) is 1.47. The quantitative estimate of drug-likeness (QED) is 0.459. The standard InChI is InChI=1S/C18H18N8O2S/c1-10-3-8-13(15(16(10)29(20,27)28)17-22-24-25-23-17)11-4-6-12(7-5-11)14-9-21-18(19)26(14)2/h3-9H,1-2H3,(H2,19,21)(H2,20,27,28)(H,22,23,24,25). The number of nitrogens with two attached hydrogens (primary N) is 2. The molecule has 5 N–H and O–H groups in total. The average molecular weight is 410 g/mol. The fourth-order valence-electron chi connectivity index (χ4n) is 3.31. The van der Waals surface area contributed by atoms with Gasteiger partial charge in [-0.1, -0.05) is 36.4 Å². The van der Waals surface area contributed by atoms with Gasteiger partial charge in [0.2, 0.25) is 10.0 Å². The van der Waals surface area contributed by atoms with E-state index in [0.717, 1.165) is 16.8 Å². The van der Waals surface area contributed by atoms with Crippen molar-refractivity contribution in [2.24, 2.45) is 12.2 Å². The molecule has 0 spiro atoms. The molecule has 0 radical (unpaired) electrons. The van der Waals surface area contributed by atoms with Crippen LogP contribution in [0, 0.1) is 6.92 Å². The molecule has 29 heavy (non-hydrogen) atoms.